The van der Waals surface area contributed by atoms with Crippen molar-refractivity contribution in [3.8, 4) is 0 Å². The largest absolute Gasteiger partial charge is 0.447 e. The highest BCUT2D eigenvalue weighted by Gasteiger charge is 2.19. The molecule has 1 unspecified atom stereocenters. The molecule has 1 heterocycles. The van der Waals surface area contributed by atoms with Gasteiger partial charge in [0.2, 0.25) is 5.89 Å². The van der Waals surface area contributed by atoms with Crippen molar-refractivity contribution in [2.45, 2.75) is 65.6 Å². The summed E-state index contributed by atoms with van der Waals surface area (Å²) in [6.45, 7) is 13.3. The van der Waals surface area contributed by atoms with Gasteiger partial charge in [-0.15, -0.1) is 0 Å². The van der Waals surface area contributed by atoms with Gasteiger partial charge in [-0.05, 0) is 29.9 Å². The number of benzene rings is 1. The van der Waals surface area contributed by atoms with Gasteiger partial charge in [0.05, 0.1) is 13.2 Å². The molecule has 6 heteroatoms. The van der Waals surface area contributed by atoms with E-state index in [0.717, 1.165) is 13.0 Å². The highest BCUT2D eigenvalue weighted by molar-refractivity contribution is 5.91. The number of ether oxygens (including phenoxy) is 1. The highest BCUT2D eigenvalue weighted by Crippen LogP contribution is 2.23. The molecule has 0 aliphatic rings. The van der Waals surface area contributed by atoms with Gasteiger partial charge in [-0.1, -0.05) is 52.0 Å². The lowest BCUT2D eigenvalue weighted by Gasteiger charge is -2.27. The van der Waals surface area contributed by atoms with Crippen LogP contribution in [-0.4, -0.2) is 42.1 Å². The van der Waals surface area contributed by atoms with Gasteiger partial charge in [-0.2, -0.15) is 0 Å². The molecule has 2 aromatic rings. The lowest BCUT2D eigenvalue weighted by Crippen LogP contribution is -2.32. The summed E-state index contributed by atoms with van der Waals surface area (Å²) >= 11 is 0. The third-order valence-corrected chi connectivity index (χ3v) is 5.13. The molecule has 0 aliphatic heterocycles. The van der Waals surface area contributed by atoms with Crippen LogP contribution in [0.3, 0.4) is 0 Å². The molecule has 6 nitrogen and oxygen atoms in total. The number of nitrogens with one attached hydrogen (secondary N) is 1. The first-order valence-corrected chi connectivity index (χ1v) is 10.3. The molecular weight excluding hydrogens is 366 g/mol. The van der Waals surface area contributed by atoms with E-state index in [1.165, 1.54) is 17.4 Å². The normalized spacial score (nSPS) is 12.9. The fourth-order valence-corrected chi connectivity index (χ4v) is 2.99. The molecule has 160 valence electrons. The quantitative estimate of drug-likeness (QED) is 0.606. The predicted molar refractivity (Wildman–Crippen MR) is 115 cm³/mol. The van der Waals surface area contributed by atoms with Crippen molar-refractivity contribution in [3.05, 3.63) is 53.2 Å². The maximum Gasteiger partial charge on any atom is 0.273 e. The lowest BCUT2D eigenvalue weighted by atomic mass is 9.87. The molecule has 1 N–H and O–H groups in total. The van der Waals surface area contributed by atoms with E-state index in [4.69, 9.17) is 9.15 Å². The van der Waals surface area contributed by atoms with Crippen LogP contribution < -0.4 is 5.32 Å². The van der Waals surface area contributed by atoms with Crippen LogP contribution in [0.5, 0.6) is 0 Å². The maximum absolute atomic E-state index is 12.1. The summed E-state index contributed by atoms with van der Waals surface area (Å²) in [5.74, 6) is 0.304. The van der Waals surface area contributed by atoms with Crippen molar-refractivity contribution < 1.29 is 13.9 Å². The Morgan fingerprint density at radius 3 is 2.52 bits per heavy atom. The van der Waals surface area contributed by atoms with Crippen LogP contribution in [0.15, 0.2) is 34.9 Å². The number of hydrogen-bond donors (Lipinski definition) is 1. The second-order valence-corrected chi connectivity index (χ2v) is 8.48. The molecular formula is C23H35N3O3. The highest BCUT2D eigenvalue weighted by atomic mass is 16.5. The van der Waals surface area contributed by atoms with Crippen molar-refractivity contribution in [2.24, 2.45) is 0 Å². The minimum absolute atomic E-state index is 0.146. The number of nitrogens with zero attached hydrogens (tertiary/aromatic N) is 2. The number of carbonyl (C=O) groups excluding carboxylic acids is 1. The van der Waals surface area contributed by atoms with Gasteiger partial charge < -0.3 is 14.5 Å². The number of methoxy groups -OCH3 is 1. The van der Waals surface area contributed by atoms with Crippen LogP contribution in [0.2, 0.25) is 0 Å². The molecule has 1 amide bonds. The van der Waals surface area contributed by atoms with Gasteiger partial charge in [-0.3, -0.25) is 9.69 Å². The molecule has 1 atom stereocenters. The zero-order chi connectivity index (χ0) is 21.4. The van der Waals surface area contributed by atoms with E-state index in [-0.39, 0.29) is 11.3 Å². The van der Waals surface area contributed by atoms with E-state index in [0.29, 0.717) is 37.3 Å². The van der Waals surface area contributed by atoms with E-state index in [9.17, 15) is 4.79 Å². The molecule has 1 aromatic heterocycles. The van der Waals surface area contributed by atoms with E-state index >= 15 is 0 Å². The minimum Gasteiger partial charge on any atom is -0.447 e. The van der Waals surface area contributed by atoms with Crippen LogP contribution in [-0.2, 0) is 23.2 Å². The smallest absolute Gasteiger partial charge is 0.273 e. The standard InChI is InChI=1S/C23H35N3O3/c1-7-17(2)26(14-18-8-10-19(11-9-18)23(3,4)5)15-21-25-20(16-29-21)22(27)24-12-13-28-6/h8-11,16-17H,7,12-15H2,1-6H3,(H,24,27). The van der Waals surface area contributed by atoms with Gasteiger partial charge in [0.1, 0.15) is 6.26 Å². The molecule has 0 fully saturated rings. The fraction of sp³-hybridized carbons (Fsp3) is 0.565. The van der Waals surface area contributed by atoms with Gasteiger partial charge in [0, 0.05) is 26.2 Å². The average Bonchev–Trinajstić information content (AvgIpc) is 3.15. The summed E-state index contributed by atoms with van der Waals surface area (Å²) < 4.78 is 10.5. The first kappa shape index (κ1) is 23.1. The molecule has 0 bridgehead atoms. The zero-order valence-corrected chi connectivity index (χ0v) is 18.6. The molecule has 1 aromatic carbocycles. The molecule has 0 saturated carbocycles. The maximum atomic E-state index is 12.1. The minimum atomic E-state index is -0.245. The first-order valence-electron chi connectivity index (χ1n) is 10.3. The van der Waals surface area contributed by atoms with E-state index in [1.54, 1.807) is 7.11 Å². The van der Waals surface area contributed by atoms with Crippen molar-refractivity contribution in [1.29, 1.82) is 0 Å². The Bertz CT molecular complexity index is 762. The molecule has 0 spiro atoms. The number of oxazole rings is 1. The van der Waals surface area contributed by atoms with Crippen molar-refractivity contribution in [2.75, 3.05) is 20.3 Å². The Kier molecular flexibility index (Phi) is 8.41. The summed E-state index contributed by atoms with van der Waals surface area (Å²) in [4.78, 5) is 18.8. The Morgan fingerprint density at radius 1 is 1.24 bits per heavy atom. The van der Waals surface area contributed by atoms with Crippen LogP contribution in [0.1, 0.15) is 68.5 Å². The fourth-order valence-electron chi connectivity index (χ4n) is 2.99. The zero-order valence-electron chi connectivity index (χ0n) is 18.6. The number of amides is 1. The third kappa shape index (κ3) is 6.98. The molecule has 0 aliphatic carbocycles. The number of carbonyl (C=O) groups is 1. The summed E-state index contributed by atoms with van der Waals surface area (Å²) in [5.41, 5.74) is 3.03. The summed E-state index contributed by atoms with van der Waals surface area (Å²) in [6.07, 6.45) is 2.44. The van der Waals surface area contributed by atoms with Gasteiger partial charge in [0.25, 0.3) is 5.91 Å². The van der Waals surface area contributed by atoms with Crippen molar-refractivity contribution >= 4 is 5.91 Å². The van der Waals surface area contributed by atoms with Crippen LogP contribution >= 0.6 is 0 Å². The Hall–Kier alpha value is -2.18. The molecule has 0 radical (unpaired) electrons. The van der Waals surface area contributed by atoms with E-state index in [2.05, 4.69) is 74.1 Å². The number of aromatic nitrogens is 1. The third-order valence-electron chi connectivity index (χ3n) is 5.13. The van der Waals surface area contributed by atoms with Crippen LogP contribution in [0.25, 0.3) is 0 Å². The summed E-state index contributed by atoms with van der Waals surface area (Å²) in [6, 6.07) is 9.17. The van der Waals surface area contributed by atoms with E-state index < -0.39 is 0 Å². The topological polar surface area (TPSA) is 67.6 Å². The van der Waals surface area contributed by atoms with Gasteiger partial charge >= 0.3 is 0 Å². The molecule has 0 saturated heterocycles. The Labute approximate surface area is 174 Å². The van der Waals surface area contributed by atoms with Gasteiger partial charge in [0.15, 0.2) is 5.69 Å². The average molecular weight is 402 g/mol. The molecule has 2 rings (SSSR count). The Morgan fingerprint density at radius 2 is 1.93 bits per heavy atom. The first-order chi connectivity index (χ1) is 13.7. The SMILES string of the molecule is CCC(C)N(Cc1ccc(C(C)(C)C)cc1)Cc1nc(C(=O)NCCOC)co1. The van der Waals surface area contributed by atoms with Crippen LogP contribution in [0.4, 0.5) is 0 Å². The predicted octanol–water partition coefficient (Wildman–Crippen LogP) is 4.15. The number of rotatable bonds is 10. The summed E-state index contributed by atoms with van der Waals surface area (Å²) in [7, 11) is 1.60. The second kappa shape index (κ2) is 10.6. The van der Waals surface area contributed by atoms with Crippen molar-refractivity contribution in [1.82, 2.24) is 15.2 Å². The van der Waals surface area contributed by atoms with Gasteiger partial charge in [-0.25, -0.2) is 4.98 Å². The monoisotopic (exact) mass is 401 g/mol. The Balaban J connectivity index is 2.05. The van der Waals surface area contributed by atoms with Crippen LogP contribution in [0, 0.1) is 0 Å². The summed E-state index contributed by atoms with van der Waals surface area (Å²) in [5, 5.41) is 2.76. The van der Waals surface area contributed by atoms with E-state index in [1.807, 2.05) is 0 Å². The lowest BCUT2D eigenvalue weighted by molar-refractivity contribution is 0.0932. The van der Waals surface area contributed by atoms with Crippen molar-refractivity contribution in [3.63, 3.8) is 0 Å². The molecule has 29 heavy (non-hydrogen) atoms. The second-order valence-electron chi connectivity index (χ2n) is 8.48. The number of hydrogen-bond acceptors (Lipinski definition) is 5.